The van der Waals surface area contributed by atoms with Crippen LogP contribution in [0, 0.1) is 13.8 Å². The lowest BCUT2D eigenvalue weighted by Gasteiger charge is -2.29. The summed E-state index contributed by atoms with van der Waals surface area (Å²) in [5.74, 6) is 2.25. The molecule has 43 heavy (non-hydrogen) atoms. The maximum Gasteiger partial charge on any atom is 0.255 e. The van der Waals surface area contributed by atoms with E-state index in [9.17, 15) is 4.79 Å². The molecule has 2 N–H and O–H groups in total. The number of rotatable bonds is 10. The number of ether oxygens (including phenoxy) is 2. The van der Waals surface area contributed by atoms with Gasteiger partial charge in [0.15, 0.2) is 11.5 Å². The molecule has 3 aromatic carbocycles. The van der Waals surface area contributed by atoms with Gasteiger partial charge in [-0.2, -0.15) is 4.98 Å². The highest BCUT2D eigenvalue weighted by Crippen LogP contribution is 2.43. The molecule has 1 aromatic heterocycles. The second kappa shape index (κ2) is 13.4. The normalized spacial score (nSPS) is 14.3. The minimum absolute atomic E-state index is 0.234. The molecule has 0 radical (unpaired) electrons. The van der Waals surface area contributed by atoms with E-state index in [1.807, 2.05) is 75.4 Å². The number of nitrogens with zero attached hydrogens (tertiary/aromatic N) is 3. The number of aromatic nitrogens is 3. The number of hydrogen-bond donors (Lipinski definition) is 2. The Morgan fingerprint density at radius 2 is 1.95 bits per heavy atom. The average Bonchev–Trinajstić information content (AvgIpc) is 3.39. The van der Waals surface area contributed by atoms with Crippen molar-refractivity contribution in [3.05, 3.63) is 97.6 Å². The molecule has 0 bridgehead atoms. The van der Waals surface area contributed by atoms with E-state index >= 15 is 0 Å². The van der Waals surface area contributed by atoms with Gasteiger partial charge in [0.1, 0.15) is 12.6 Å². The number of thioether (sulfide) groups is 1. The van der Waals surface area contributed by atoms with Crippen molar-refractivity contribution in [3.8, 4) is 11.5 Å². The molecular formula is C32H33BrClN5O3S. The van der Waals surface area contributed by atoms with Crippen LogP contribution >= 0.6 is 39.3 Å². The molecule has 1 atom stereocenters. The van der Waals surface area contributed by atoms with Gasteiger partial charge in [-0.05, 0) is 84.1 Å². The zero-order chi connectivity index (χ0) is 30.7. The fourth-order valence-electron chi connectivity index (χ4n) is 4.87. The Morgan fingerprint density at radius 3 is 2.70 bits per heavy atom. The largest absolute Gasteiger partial charge is 0.493 e. The lowest BCUT2D eigenvalue weighted by molar-refractivity contribution is -0.113. The number of carbonyl (C=O) groups is 1. The van der Waals surface area contributed by atoms with Crippen LogP contribution in [-0.2, 0) is 11.4 Å². The Bertz CT molecular complexity index is 1710. The summed E-state index contributed by atoms with van der Waals surface area (Å²) in [6, 6.07) is 16.6. The van der Waals surface area contributed by atoms with Crippen LogP contribution in [0.15, 0.2) is 75.5 Å². The molecule has 0 saturated heterocycles. The molecule has 4 aromatic rings. The molecule has 0 aliphatic carbocycles. The van der Waals surface area contributed by atoms with Gasteiger partial charge in [-0.15, -0.1) is 5.10 Å². The number of carbonyl (C=O) groups excluding carboxylic acids is 1. The summed E-state index contributed by atoms with van der Waals surface area (Å²) in [7, 11) is 1.59. The molecule has 11 heteroatoms. The van der Waals surface area contributed by atoms with Gasteiger partial charge in [0, 0.05) is 27.7 Å². The smallest absolute Gasteiger partial charge is 0.255 e. The van der Waals surface area contributed by atoms with Crippen molar-refractivity contribution in [2.45, 2.75) is 51.9 Å². The summed E-state index contributed by atoms with van der Waals surface area (Å²) >= 11 is 11.6. The van der Waals surface area contributed by atoms with Crippen molar-refractivity contribution in [2.75, 3.05) is 23.5 Å². The maximum atomic E-state index is 14.1. The fourth-order valence-corrected chi connectivity index (χ4v) is 6.32. The Balaban J connectivity index is 1.57. The van der Waals surface area contributed by atoms with E-state index in [4.69, 9.17) is 31.2 Å². The monoisotopic (exact) mass is 681 g/mol. The highest BCUT2D eigenvalue weighted by Gasteiger charge is 2.35. The van der Waals surface area contributed by atoms with E-state index in [0.29, 0.717) is 43.4 Å². The first-order chi connectivity index (χ1) is 20.7. The summed E-state index contributed by atoms with van der Waals surface area (Å²) < 4.78 is 14.4. The number of hydrogen-bond acceptors (Lipinski definition) is 7. The standard InChI is InChI=1S/C32H33BrClN5O3S/c1-6-14-43-32-37-31-35-20(4)27(30(40)36-25-13-9-10-18(2)19(25)3)28(39(31)38-32)22-15-23(33)29(26(16-22)41-5)42-17-21-11-7-8-12-24(21)34/h7-13,15-16,28H,6,14,17H2,1-5H3,(H,36,40)(H,35,37,38). The second-order valence-electron chi connectivity index (χ2n) is 10.2. The molecule has 1 amide bonds. The third kappa shape index (κ3) is 6.56. The maximum absolute atomic E-state index is 14.1. The third-order valence-electron chi connectivity index (χ3n) is 7.26. The van der Waals surface area contributed by atoms with E-state index in [2.05, 4.69) is 33.5 Å². The van der Waals surface area contributed by atoms with Crippen molar-refractivity contribution >= 4 is 56.8 Å². The van der Waals surface area contributed by atoms with Crippen molar-refractivity contribution < 1.29 is 14.3 Å². The van der Waals surface area contributed by atoms with E-state index in [0.717, 1.165) is 40.1 Å². The van der Waals surface area contributed by atoms with Gasteiger partial charge >= 0.3 is 0 Å². The lowest BCUT2D eigenvalue weighted by atomic mass is 9.94. The minimum atomic E-state index is -0.590. The predicted octanol–water partition coefficient (Wildman–Crippen LogP) is 8.33. The SMILES string of the molecule is CCCSc1nc2n(n1)C(c1cc(Br)c(OCc3ccccc3Cl)c(OC)c1)C(C(=O)Nc1cccc(C)c1C)=C(C)N2. The van der Waals surface area contributed by atoms with Crippen LogP contribution in [0.25, 0.3) is 0 Å². The highest BCUT2D eigenvalue weighted by atomic mass is 79.9. The van der Waals surface area contributed by atoms with Crippen LogP contribution in [0.1, 0.15) is 48.6 Å². The van der Waals surface area contributed by atoms with Gasteiger partial charge in [0.2, 0.25) is 11.1 Å². The topological polar surface area (TPSA) is 90.3 Å². The van der Waals surface area contributed by atoms with Gasteiger partial charge in [-0.25, -0.2) is 4.68 Å². The van der Waals surface area contributed by atoms with Crippen molar-refractivity contribution in [1.82, 2.24) is 14.8 Å². The molecule has 0 spiro atoms. The number of allylic oxidation sites excluding steroid dienone is 1. The first kappa shape index (κ1) is 31.0. The summed E-state index contributed by atoms with van der Waals surface area (Å²) in [4.78, 5) is 18.8. The number of anilines is 2. The Kier molecular flexibility index (Phi) is 9.68. The Hall–Kier alpha value is -3.47. The molecule has 0 saturated carbocycles. The molecule has 1 aliphatic rings. The molecule has 5 rings (SSSR count). The number of halogens is 2. The van der Waals surface area contributed by atoms with Crippen LogP contribution in [0.2, 0.25) is 5.02 Å². The average molecular weight is 683 g/mol. The molecule has 1 aliphatic heterocycles. The molecule has 1 unspecified atom stereocenters. The molecular weight excluding hydrogens is 650 g/mol. The van der Waals surface area contributed by atoms with Crippen LogP contribution in [0.3, 0.4) is 0 Å². The van der Waals surface area contributed by atoms with E-state index in [-0.39, 0.29) is 12.5 Å². The van der Waals surface area contributed by atoms with Crippen molar-refractivity contribution in [2.24, 2.45) is 0 Å². The van der Waals surface area contributed by atoms with E-state index in [1.54, 1.807) is 23.6 Å². The minimum Gasteiger partial charge on any atom is -0.493 e. The van der Waals surface area contributed by atoms with Crippen LogP contribution < -0.4 is 20.1 Å². The fraction of sp³-hybridized carbons (Fsp3) is 0.281. The van der Waals surface area contributed by atoms with Crippen molar-refractivity contribution in [3.63, 3.8) is 0 Å². The van der Waals surface area contributed by atoms with Crippen molar-refractivity contribution in [1.29, 1.82) is 0 Å². The lowest BCUT2D eigenvalue weighted by Crippen LogP contribution is -2.31. The predicted molar refractivity (Wildman–Crippen MR) is 177 cm³/mol. The zero-order valence-corrected chi connectivity index (χ0v) is 27.8. The van der Waals surface area contributed by atoms with Crippen LogP contribution in [0.4, 0.5) is 11.6 Å². The summed E-state index contributed by atoms with van der Waals surface area (Å²) in [5.41, 5.74) is 5.71. The number of benzene rings is 3. The highest BCUT2D eigenvalue weighted by molar-refractivity contribution is 9.10. The van der Waals surface area contributed by atoms with Gasteiger partial charge in [-0.3, -0.25) is 4.79 Å². The molecule has 8 nitrogen and oxygen atoms in total. The summed E-state index contributed by atoms with van der Waals surface area (Å²) in [6.07, 6.45) is 0.992. The molecule has 224 valence electrons. The molecule has 0 fully saturated rings. The Morgan fingerprint density at radius 1 is 1.16 bits per heavy atom. The number of aryl methyl sites for hydroxylation is 1. The number of amides is 1. The summed E-state index contributed by atoms with van der Waals surface area (Å²) in [5, 5.41) is 12.6. The molecule has 2 heterocycles. The van der Waals surface area contributed by atoms with Crippen LogP contribution in [-0.4, -0.2) is 33.5 Å². The first-order valence-electron chi connectivity index (χ1n) is 13.9. The van der Waals surface area contributed by atoms with Gasteiger partial charge < -0.3 is 20.1 Å². The number of fused-ring (bicyclic) bond motifs is 1. The van der Waals surface area contributed by atoms with Gasteiger partial charge in [0.25, 0.3) is 5.91 Å². The second-order valence-corrected chi connectivity index (χ2v) is 12.5. The van der Waals surface area contributed by atoms with Crippen LogP contribution in [0.5, 0.6) is 11.5 Å². The van der Waals surface area contributed by atoms with E-state index in [1.165, 1.54) is 0 Å². The number of nitrogens with one attached hydrogen (secondary N) is 2. The number of methoxy groups -OCH3 is 1. The Labute approximate surface area is 269 Å². The zero-order valence-electron chi connectivity index (χ0n) is 24.6. The third-order valence-corrected chi connectivity index (χ3v) is 9.26. The van der Waals surface area contributed by atoms with Gasteiger partial charge in [-0.1, -0.05) is 60.6 Å². The first-order valence-corrected chi connectivity index (χ1v) is 16.1. The van der Waals surface area contributed by atoms with Gasteiger partial charge in [0.05, 0.1) is 17.2 Å². The van der Waals surface area contributed by atoms with E-state index < -0.39 is 6.04 Å². The quantitative estimate of drug-likeness (QED) is 0.163. The summed E-state index contributed by atoms with van der Waals surface area (Å²) in [6.45, 7) is 8.28.